The van der Waals surface area contributed by atoms with Crippen LogP contribution < -0.4 is 5.32 Å². The Morgan fingerprint density at radius 3 is 2.95 bits per heavy atom. The van der Waals surface area contributed by atoms with Gasteiger partial charge in [-0.25, -0.2) is 0 Å². The number of aromatic nitrogens is 3. The summed E-state index contributed by atoms with van der Waals surface area (Å²) in [4.78, 5) is 12.1. The van der Waals surface area contributed by atoms with Crippen molar-refractivity contribution in [3.05, 3.63) is 35.1 Å². The van der Waals surface area contributed by atoms with Gasteiger partial charge in [-0.1, -0.05) is 29.4 Å². The Morgan fingerprint density at radius 2 is 2.27 bits per heavy atom. The number of halogens is 1. The lowest BCUT2D eigenvalue weighted by molar-refractivity contribution is -0.120. The Morgan fingerprint density at radius 1 is 1.50 bits per heavy atom. The van der Waals surface area contributed by atoms with E-state index in [2.05, 4.69) is 15.5 Å². The van der Waals surface area contributed by atoms with Crippen molar-refractivity contribution >= 4 is 29.3 Å². The third-order valence-electron chi connectivity index (χ3n) is 3.53. The Hall–Kier alpha value is -1.53. The van der Waals surface area contributed by atoms with E-state index in [1.54, 1.807) is 6.33 Å². The number of nitrogens with one attached hydrogen (secondary N) is 1. The fourth-order valence-electron chi connectivity index (χ4n) is 1.97. The summed E-state index contributed by atoms with van der Waals surface area (Å²) in [5.41, 5.74) is 1.91. The van der Waals surface area contributed by atoms with Crippen molar-refractivity contribution in [2.45, 2.75) is 43.1 Å². The van der Waals surface area contributed by atoms with Crippen LogP contribution in [0.2, 0.25) is 5.02 Å². The maximum atomic E-state index is 12.1. The van der Waals surface area contributed by atoms with Crippen molar-refractivity contribution in [3.8, 4) is 5.69 Å². The molecule has 1 fully saturated rings. The number of hydrogen-bond donors (Lipinski definition) is 1. The number of amides is 1. The smallest absolute Gasteiger partial charge is 0.233 e. The second-order valence-corrected chi connectivity index (χ2v) is 7.18. The van der Waals surface area contributed by atoms with Crippen molar-refractivity contribution in [2.75, 3.05) is 0 Å². The van der Waals surface area contributed by atoms with Crippen LogP contribution >= 0.6 is 23.4 Å². The molecule has 2 aromatic rings. The lowest BCUT2D eigenvalue weighted by Crippen LogP contribution is -2.32. The number of rotatable bonds is 5. The topological polar surface area (TPSA) is 59.8 Å². The first-order valence-corrected chi connectivity index (χ1v) is 8.44. The highest BCUT2D eigenvalue weighted by molar-refractivity contribution is 8.00. The molecule has 0 saturated heterocycles. The molecule has 1 aliphatic rings. The standard InChI is InChI=1S/C15H17ClN4OS/c1-9-3-6-12(7-13(9)16)20-8-17-19-15(20)22-10(2)14(21)18-11-4-5-11/h3,6-8,10-11H,4-5H2,1-2H3,(H,18,21)/t10-/m1/s1. The Labute approximate surface area is 138 Å². The van der Waals surface area contributed by atoms with Crippen LogP contribution in [0.5, 0.6) is 0 Å². The molecule has 22 heavy (non-hydrogen) atoms. The zero-order chi connectivity index (χ0) is 15.7. The molecule has 0 spiro atoms. The second kappa shape index (κ2) is 6.30. The first kappa shape index (κ1) is 15.4. The number of carbonyl (C=O) groups excluding carboxylic acids is 1. The van der Waals surface area contributed by atoms with E-state index in [9.17, 15) is 4.79 Å². The minimum Gasteiger partial charge on any atom is -0.352 e. The predicted molar refractivity (Wildman–Crippen MR) is 87.6 cm³/mol. The molecule has 1 saturated carbocycles. The molecule has 0 unspecified atom stereocenters. The SMILES string of the molecule is Cc1ccc(-n2cnnc2S[C@H](C)C(=O)NC2CC2)cc1Cl. The van der Waals surface area contributed by atoms with Gasteiger partial charge < -0.3 is 5.32 Å². The lowest BCUT2D eigenvalue weighted by atomic mass is 10.2. The molecule has 1 aliphatic carbocycles. The normalized spacial score (nSPS) is 15.6. The van der Waals surface area contributed by atoms with Crippen LogP contribution in [0.3, 0.4) is 0 Å². The van der Waals surface area contributed by atoms with E-state index in [-0.39, 0.29) is 11.2 Å². The van der Waals surface area contributed by atoms with E-state index in [1.807, 2.05) is 36.6 Å². The lowest BCUT2D eigenvalue weighted by Gasteiger charge is -2.12. The van der Waals surface area contributed by atoms with Gasteiger partial charge in [-0.15, -0.1) is 10.2 Å². The van der Waals surface area contributed by atoms with Crippen LogP contribution in [0.1, 0.15) is 25.3 Å². The van der Waals surface area contributed by atoms with E-state index in [0.29, 0.717) is 16.2 Å². The van der Waals surface area contributed by atoms with Crippen LogP contribution in [0, 0.1) is 6.92 Å². The van der Waals surface area contributed by atoms with Gasteiger partial charge in [0.05, 0.1) is 10.9 Å². The second-order valence-electron chi connectivity index (χ2n) is 5.46. The van der Waals surface area contributed by atoms with Gasteiger partial charge in [0.1, 0.15) is 6.33 Å². The van der Waals surface area contributed by atoms with Crippen molar-refractivity contribution in [1.29, 1.82) is 0 Å². The molecule has 0 aliphatic heterocycles. The Kier molecular flexibility index (Phi) is 4.40. The fourth-order valence-corrected chi connectivity index (χ4v) is 3.00. The van der Waals surface area contributed by atoms with Gasteiger partial charge in [0.25, 0.3) is 0 Å². The highest BCUT2D eigenvalue weighted by atomic mass is 35.5. The molecule has 1 N–H and O–H groups in total. The summed E-state index contributed by atoms with van der Waals surface area (Å²) in [5.74, 6) is 0.0454. The molecular weight excluding hydrogens is 320 g/mol. The van der Waals surface area contributed by atoms with Gasteiger partial charge in [0, 0.05) is 11.1 Å². The van der Waals surface area contributed by atoms with Gasteiger partial charge in [0.15, 0.2) is 5.16 Å². The van der Waals surface area contributed by atoms with E-state index in [0.717, 1.165) is 24.1 Å². The maximum Gasteiger partial charge on any atom is 0.233 e. The summed E-state index contributed by atoms with van der Waals surface area (Å²) >= 11 is 7.57. The molecule has 116 valence electrons. The molecule has 5 nitrogen and oxygen atoms in total. The number of carbonyl (C=O) groups is 1. The molecule has 7 heteroatoms. The van der Waals surface area contributed by atoms with E-state index >= 15 is 0 Å². The Bertz CT molecular complexity index is 699. The van der Waals surface area contributed by atoms with Gasteiger partial charge >= 0.3 is 0 Å². The zero-order valence-corrected chi connectivity index (χ0v) is 14.0. The Balaban J connectivity index is 1.76. The number of benzene rings is 1. The first-order chi connectivity index (χ1) is 10.5. The number of aryl methyl sites for hydroxylation is 1. The van der Waals surface area contributed by atoms with Crippen LogP contribution in [0.25, 0.3) is 5.69 Å². The van der Waals surface area contributed by atoms with E-state index in [4.69, 9.17) is 11.6 Å². The summed E-state index contributed by atoms with van der Waals surface area (Å²) in [5, 5.41) is 12.2. The molecular formula is C15H17ClN4OS. The summed E-state index contributed by atoms with van der Waals surface area (Å²) in [6.07, 6.45) is 3.80. The first-order valence-electron chi connectivity index (χ1n) is 7.18. The van der Waals surface area contributed by atoms with Crippen LogP contribution in [0.4, 0.5) is 0 Å². The van der Waals surface area contributed by atoms with Crippen LogP contribution in [0.15, 0.2) is 29.7 Å². The van der Waals surface area contributed by atoms with Crippen molar-refractivity contribution < 1.29 is 4.79 Å². The highest BCUT2D eigenvalue weighted by Gasteiger charge is 2.26. The minimum atomic E-state index is -0.218. The molecule has 0 radical (unpaired) electrons. The molecule has 3 rings (SSSR count). The van der Waals surface area contributed by atoms with Gasteiger partial charge in [0.2, 0.25) is 5.91 Å². The maximum absolute atomic E-state index is 12.1. The van der Waals surface area contributed by atoms with Crippen molar-refractivity contribution in [2.24, 2.45) is 0 Å². The summed E-state index contributed by atoms with van der Waals surface area (Å²) in [6, 6.07) is 6.15. The summed E-state index contributed by atoms with van der Waals surface area (Å²) in [7, 11) is 0. The third kappa shape index (κ3) is 3.44. The fraction of sp³-hybridized carbons (Fsp3) is 0.400. The number of hydrogen-bond acceptors (Lipinski definition) is 4. The third-order valence-corrected chi connectivity index (χ3v) is 4.99. The summed E-state index contributed by atoms with van der Waals surface area (Å²) in [6.45, 7) is 3.84. The van der Waals surface area contributed by atoms with Crippen LogP contribution in [-0.2, 0) is 4.79 Å². The van der Waals surface area contributed by atoms with E-state index < -0.39 is 0 Å². The van der Waals surface area contributed by atoms with E-state index in [1.165, 1.54) is 11.8 Å². The minimum absolute atomic E-state index is 0.0454. The zero-order valence-electron chi connectivity index (χ0n) is 12.4. The van der Waals surface area contributed by atoms with Crippen LogP contribution in [-0.4, -0.2) is 32.0 Å². The van der Waals surface area contributed by atoms with Gasteiger partial charge in [-0.3, -0.25) is 9.36 Å². The molecule has 1 aromatic heterocycles. The van der Waals surface area contributed by atoms with Crippen molar-refractivity contribution in [1.82, 2.24) is 20.1 Å². The van der Waals surface area contributed by atoms with Gasteiger partial charge in [-0.05, 0) is 44.4 Å². The van der Waals surface area contributed by atoms with Crippen molar-refractivity contribution in [3.63, 3.8) is 0 Å². The predicted octanol–water partition coefficient (Wildman–Crippen LogP) is 2.99. The monoisotopic (exact) mass is 336 g/mol. The average Bonchev–Trinajstić information content (AvgIpc) is 3.18. The molecule has 1 aromatic carbocycles. The highest BCUT2D eigenvalue weighted by Crippen LogP contribution is 2.27. The van der Waals surface area contributed by atoms with Gasteiger partial charge in [-0.2, -0.15) is 0 Å². The molecule has 0 bridgehead atoms. The summed E-state index contributed by atoms with van der Waals surface area (Å²) < 4.78 is 1.84. The number of thioether (sulfide) groups is 1. The average molecular weight is 337 g/mol. The number of nitrogens with zero attached hydrogens (tertiary/aromatic N) is 3. The molecule has 1 amide bonds. The quantitative estimate of drug-likeness (QED) is 0.853. The molecule has 1 atom stereocenters. The largest absolute Gasteiger partial charge is 0.352 e. The molecule has 1 heterocycles.